The average molecular weight is 232 g/mol. The second-order valence-electron chi connectivity index (χ2n) is 3.82. The van der Waals surface area contributed by atoms with Crippen molar-refractivity contribution in [3.63, 3.8) is 0 Å². The summed E-state index contributed by atoms with van der Waals surface area (Å²) in [5.74, 6) is 0.956. The topological polar surface area (TPSA) is 24.9 Å². The Morgan fingerprint density at radius 3 is 2.50 bits per heavy atom. The van der Waals surface area contributed by atoms with Gasteiger partial charge in [0.15, 0.2) is 0 Å². The zero-order valence-corrected chi connectivity index (χ0v) is 9.30. The van der Waals surface area contributed by atoms with Crippen LogP contribution in [0.25, 0.3) is 0 Å². The van der Waals surface area contributed by atoms with Crippen LogP contribution in [0.3, 0.4) is 0 Å². The number of rotatable bonds is 4. The quantitative estimate of drug-likeness (QED) is 0.858. The van der Waals surface area contributed by atoms with Gasteiger partial charge in [0.1, 0.15) is 5.82 Å². The van der Waals surface area contributed by atoms with Crippen LogP contribution in [0.15, 0.2) is 18.3 Å². The van der Waals surface area contributed by atoms with Gasteiger partial charge in [-0.25, -0.2) is 4.98 Å². The van der Waals surface area contributed by atoms with Gasteiger partial charge in [-0.15, -0.1) is 0 Å². The maximum absolute atomic E-state index is 12.2. The number of nitrogens with zero attached hydrogens (tertiary/aromatic N) is 1. The molecule has 0 saturated carbocycles. The second kappa shape index (κ2) is 5.18. The molecule has 2 nitrogen and oxygen atoms in total. The average Bonchev–Trinajstić information content (AvgIpc) is 2.25. The highest BCUT2D eigenvalue weighted by Gasteiger charge is 2.30. The number of hydrogen-bond acceptors (Lipinski definition) is 2. The Bertz CT molecular complexity index is 319. The third-order valence-electron chi connectivity index (χ3n) is 2.42. The Kier molecular flexibility index (Phi) is 4.15. The first-order valence-corrected chi connectivity index (χ1v) is 5.20. The zero-order valence-electron chi connectivity index (χ0n) is 9.30. The molecule has 90 valence electrons. The maximum atomic E-state index is 12.2. The molecule has 5 heteroatoms. The minimum Gasteiger partial charge on any atom is -0.370 e. The molecule has 1 N–H and O–H groups in total. The largest absolute Gasteiger partial charge is 0.417 e. The van der Waals surface area contributed by atoms with Gasteiger partial charge in [0.2, 0.25) is 0 Å². The lowest BCUT2D eigenvalue weighted by atomic mass is 10.1. The molecule has 1 unspecified atom stereocenters. The number of alkyl halides is 3. The van der Waals surface area contributed by atoms with Crippen molar-refractivity contribution in [2.24, 2.45) is 5.92 Å². The van der Waals surface area contributed by atoms with E-state index in [1.54, 1.807) is 0 Å². The van der Waals surface area contributed by atoms with Gasteiger partial charge in [-0.1, -0.05) is 20.3 Å². The molecular weight excluding hydrogens is 217 g/mol. The number of pyridine rings is 1. The molecule has 1 heterocycles. The normalized spacial score (nSPS) is 13.6. The van der Waals surface area contributed by atoms with Gasteiger partial charge in [-0.3, -0.25) is 0 Å². The number of aromatic nitrogens is 1. The standard InChI is InChI=1S/C11H15F3N2/c1-3-8(2)6-15-10-5-4-9(7-16-10)11(12,13)14/h4-5,7-8H,3,6H2,1-2H3,(H,15,16). The predicted molar refractivity (Wildman–Crippen MR) is 57.2 cm³/mol. The monoisotopic (exact) mass is 232 g/mol. The molecule has 0 fully saturated rings. The first-order valence-electron chi connectivity index (χ1n) is 5.20. The highest BCUT2D eigenvalue weighted by molar-refractivity contribution is 5.36. The Hall–Kier alpha value is -1.26. The van der Waals surface area contributed by atoms with Crippen LogP contribution in [0.5, 0.6) is 0 Å². The highest BCUT2D eigenvalue weighted by atomic mass is 19.4. The summed E-state index contributed by atoms with van der Waals surface area (Å²) in [7, 11) is 0. The summed E-state index contributed by atoms with van der Waals surface area (Å²) in [5.41, 5.74) is -0.721. The number of hydrogen-bond donors (Lipinski definition) is 1. The number of nitrogens with one attached hydrogen (secondary N) is 1. The van der Waals surface area contributed by atoms with Gasteiger partial charge < -0.3 is 5.32 Å². The molecule has 0 spiro atoms. The van der Waals surface area contributed by atoms with Crippen molar-refractivity contribution >= 4 is 5.82 Å². The van der Waals surface area contributed by atoms with E-state index in [0.717, 1.165) is 25.2 Å². The molecule has 16 heavy (non-hydrogen) atoms. The molecule has 0 aliphatic carbocycles. The molecule has 1 aromatic heterocycles. The van der Waals surface area contributed by atoms with E-state index in [4.69, 9.17) is 0 Å². The van der Waals surface area contributed by atoms with Crippen LogP contribution in [0.2, 0.25) is 0 Å². The van der Waals surface area contributed by atoms with Crippen molar-refractivity contribution < 1.29 is 13.2 Å². The van der Waals surface area contributed by atoms with Crippen molar-refractivity contribution in [1.29, 1.82) is 0 Å². The Morgan fingerprint density at radius 1 is 1.38 bits per heavy atom. The van der Waals surface area contributed by atoms with Crippen LogP contribution >= 0.6 is 0 Å². The van der Waals surface area contributed by atoms with E-state index in [0.29, 0.717) is 11.7 Å². The summed E-state index contributed by atoms with van der Waals surface area (Å²) in [6.45, 7) is 4.85. The Labute approximate surface area is 92.9 Å². The third-order valence-corrected chi connectivity index (χ3v) is 2.42. The van der Waals surface area contributed by atoms with E-state index in [2.05, 4.69) is 24.1 Å². The van der Waals surface area contributed by atoms with Crippen LogP contribution < -0.4 is 5.32 Å². The first-order chi connectivity index (χ1) is 7.43. The van der Waals surface area contributed by atoms with E-state index < -0.39 is 11.7 Å². The zero-order chi connectivity index (χ0) is 12.2. The molecular formula is C11H15F3N2. The number of anilines is 1. The van der Waals surface area contributed by atoms with E-state index in [1.165, 1.54) is 6.07 Å². The first kappa shape index (κ1) is 12.8. The summed E-state index contributed by atoms with van der Waals surface area (Å²) < 4.78 is 36.7. The van der Waals surface area contributed by atoms with Gasteiger partial charge in [-0.05, 0) is 18.1 Å². The fourth-order valence-electron chi connectivity index (χ4n) is 1.09. The van der Waals surface area contributed by atoms with Crippen LogP contribution in [0, 0.1) is 5.92 Å². The molecule has 1 aromatic rings. The van der Waals surface area contributed by atoms with Crippen molar-refractivity contribution in [3.8, 4) is 0 Å². The lowest BCUT2D eigenvalue weighted by Crippen LogP contribution is -2.12. The van der Waals surface area contributed by atoms with E-state index in [-0.39, 0.29) is 0 Å². The molecule has 0 radical (unpaired) electrons. The molecule has 0 saturated heterocycles. The Morgan fingerprint density at radius 2 is 2.06 bits per heavy atom. The van der Waals surface area contributed by atoms with Gasteiger partial charge in [0, 0.05) is 12.7 Å². The Balaban J connectivity index is 2.58. The van der Waals surface area contributed by atoms with Gasteiger partial charge in [-0.2, -0.15) is 13.2 Å². The van der Waals surface area contributed by atoms with Crippen molar-refractivity contribution in [3.05, 3.63) is 23.9 Å². The smallest absolute Gasteiger partial charge is 0.370 e. The second-order valence-corrected chi connectivity index (χ2v) is 3.82. The SMILES string of the molecule is CCC(C)CNc1ccc(C(F)(F)F)cn1. The third kappa shape index (κ3) is 3.72. The molecule has 1 rings (SSSR count). The maximum Gasteiger partial charge on any atom is 0.417 e. The summed E-state index contributed by atoms with van der Waals surface area (Å²) in [6.07, 6.45) is -2.45. The molecule has 0 amide bonds. The predicted octanol–water partition coefficient (Wildman–Crippen LogP) is 3.56. The summed E-state index contributed by atoms with van der Waals surface area (Å²) >= 11 is 0. The van der Waals surface area contributed by atoms with Crippen LogP contribution in [0.1, 0.15) is 25.8 Å². The minimum absolute atomic E-state index is 0.476. The molecule has 0 aliphatic rings. The fourth-order valence-corrected chi connectivity index (χ4v) is 1.09. The van der Waals surface area contributed by atoms with Crippen LogP contribution in [-0.4, -0.2) is 11.5 Å². The lowest BCUT2D eigenvalue weighted by Gasteiger charge is -2.11. The molecule has 0 aliphatic heterocycles. The van der Waals surface area contributed by atoms with Crippen molar-refractivity contribution in [2.45, 2.75) is 26.4 Å². The summed E-state index contributed by atoms with van der Waals surface area (Å²) in [6, 6.07) is 2.39. The van der Waals surface area contributed by atoms with Gasteiger partial charge >= 0.3 is 6.18 Å². The minimum atomic E-state index is -4.32. The van der Waals surface area contributed by atoms with Gasteiger partial charge in [0.05, 0.1) is 5.56 Å². The van der Waals surface area contributed by atoms with Crippen molar-refractivity contribution in [1.82, 2.24) is 4.98 Å². The number of halogens is 3. The molecule has 0 aromatic carbocycles. The van der Waals surface area contributed by atoms with Crippen LogP contribution in [-0.2, 0) is 6.18 Å². The highest BCUT2D eigenvalue weighted by Crippen LogP contribution is 2.28. The molecule has 0 bridgehead atoms. The van der Waals surface area contributed by atoms with E-state index in [1.807, 2.05) is 0 Å². The van der Waals surface area contributed by atoms with E-state index in [9.17, 15) is 13.2 Å². The van der Waals surface area contributed by atoms with Crippen LogP contribution in [0.4, 0.5) is 19.0 Å². The summed E-state index contributed by atoms with van der Waals surface area (Å²) in [5, 5.41) is 3.00. The van der Waals surface area contributed by atoms with E-state index >= 15 is 0 Å². The molecule has 1 atom stereocenters. The van der Waals surface area contributed by atoms with Crippen molar-refractivity contribution in [2.75, 3.05) is 11.9 Å². The summed E-state index contributed by atoms with van der Waals surface area (Å²) in [4.78, 5) is 3.72. The lowest BCUT2D eigenvalue weighted by molar-refractivity contribution is -0.137. The fraction of sp³-hybridized carbons (Fsp3) is 0.545. The van der Waals surface area contributed by atoms with Gasteiger partial charge in [0.25, 0.3) is 0 Å².